The largest absolute Gasteiger partial charge is 0.254 e. The van der Waals surface area contributed by atoms with Crippen molar-refractivity contribution in [3.05, 3.63) is 133 Å². The first-order valence-electron chi connectivity index (χ1n) is 13.0. The molecule has 0 atom stereocenters. The van der Waals surface area contributed by atoms with Gasteiger partial charge >= 0.3 is 0 Å². The van der Waals surface area contributed by atoms with E-state index in [-0.39, 0.29) is 0 Å². The molecule has 2 heteroatoms. The number of pyridine rings is 2. The molecular formula is C36H26N2. The van der Waals surface area contributed by atoms with Crippen molar-refractivity contribution in [3.8, 4) is 0 Å². The van der Waals surface area contributed by atoms with Crippen molar-refractivity contribution in [1.82, 2.24) is 9.97 Å². The molecule has 0 aliphatic rings. The molecule has 0 fully saturated rings. The molecule has 180 valence electrons. The SMILES string of the molecule is Cc1c2ccc3ccccc3c2cc2c1ccc1ccccc12.Cc1ccc2ccc3cccnc3c2n1. The molecule has 0 saturated heterocycles. The van der Waals surface area contributed by atoms with E-state index in [2.05, 4.69) is 120 Å². The zero-order valence-corrected chi connectivity index (χ0v) is 21.4. The van der Waals surface area contributed by atoms with Crippen LogP contribution in [0.1, 0.15) is 11.3 Å². The van der Waals surface area contributed by atoms with E-state index in [9.17, 15) is 0 Å². The minimum absolute atomic E-state index is 0.985. The van der Waals surface area contributed by atoms with Crippen LogP contribution in [0.4, 0.5) is 0 Å². The zero-order chi connectivity index (χ0) is 25.6. The molecule has 2 heterocycles. The van der Waals surface area contributed by atoms with E-state index in [4.69, 9.17) is 0 Å². The molecule has 0 radical (unpaired) electrons. The summed E-state index contributed by atoms with van der Waals surface area (Å²) >= 11 is 0. The second-order valence-corrected chi connectivity index (χ2v) is 9.93. The Hall–Kier alpha value is -4.82. The third-order valence-corrected chi connectivity index (χ3v) is 7.61. The van der Waals surface area contributed by atoms with E-state index < -0.39 is 0 Å². The molecule has 8 rings (SSSR count). The third kappa shape index (κ3) is 3.65. The number of hydrogen-bond donors (Lipinski definition) is 0. The molecule has 8 aromatic rings. The second-order valence-electron chi connectivity index (χ2n) is 9.93. The van der Waals surface area contributed by atoms with Crippen molar-refractivity contribution in [3.63, 3.8) is 0 Å². The van der Waals surface area contributed by atoms with Crippen LogP contribution >= 0.6 is 0 Å². The fourth-order valence-electron chi connectivity index (χ4n) is 5.67. The van der Waals surface area contributed by atoms with Crippen LogP contribution in [0.25, 0.3) is 64.9 Å². The number of aromatic nitrogens is 2. The molecule has 0 N–H and O–H groups in total. The normalized spacial score (nSPS) is 11.4. The monoisotopic (exact) mass is 486 g/mol. The average molecular weight is 487 g/mol. The van der Waals surface area contributed by atoms with Crippen LogP contribution in [0, 0.1) is 13.8 Å². The molecule has 0 aliphatic carbocycles. The van der Waals surface area contributed by atoms with Gasteiger partial charge in [-0.05, 0) is 80.7 Å². The van der Waals surface area contributed by atoms with Crippen LogP contribution in [0.3, 0.4) is 0 Å². The van der Waals surface area contributed by atoms with E-state index >= 15 is 0 Å². The van der Waals surface area contributed by atoms with Gasteiger partial charge in [-0.15, -0.1) is 0 Å². The maximum atomic E-state index is 4.54. The zero-order valence-electron chi connectivity index (χ0n) is 21.4. The summed E-state index contributed by atoms with van der Waals surface area (Å²) in [5, 5.41) is 13.0. The molecule has 0 unspecified atom stereocenters. The Kier molecular flexibility index (Phi) is 5.26. The van der Waals surface area contributed by atoms with Gasteiger partial charge in [0.2, 0.25) is 0 Å². The van der Waals surface area contributed by atoms with Crippen LogP contribution < -0.4 is 0 Å². The van der Waals surface area contributed by atoms with Gasteiger partial charge in [-0.1, -0.05) is 97.1 Å². The second kappa shape index (κ2) is 8.93. The summed E-state index contributed by atoms with van der Waals surface area (Å²) in [6, 6.07) is 41.0. The molecule has 0 saturated carbocycles. The molecule has 0 amide bonds. The van der Waals surface area contributed by atoms with Crippen LogP contribution in [-0.2, 0) is 0 Å². The number of nitrogens with zero attached hydrogens (tertiary/aromatic N) is 2. The molecule has 0 bridgehead atoms. The highest BCUT2D eigenvalue weighted by atomic mass is 14.7. The van der Waals surface area contributed by atoms with Crippen molar-refractivity contribution in [1.29, 1.82) is 0 Å². The lowest BCUT2D eigenvalue weighted by Gasteiger charge is -2.12. The van der Waals surface area contributed by atoms with Gasteiger partial charge in [0.05, 0.1) is 11.0 Å². The number of aryl methyl sites for hydroxylation is 2. The standard InChI is InChI=1S/C23H16.C13H10N2/c1-15-18-12-10-16-6-2-4-8-20(16)22(18)14-23-19(15)13-11-17-7-3-5-9-21(17)23;1-9-4-5-11-7-6-10-3-2-8-14-12(10)13(11)15-9/h2-14H,1H3;2-8H,1H3. The summed E-state index contributed by atoms with van der Waals surface area (Å²) in [6.07, 6.45) is 1.81. The molecule has 38 heavy (non-hydrogen) atoms. The topological polar surface area (TPSA) is 25.8 Å². The Morgan fingerprint density at radius 3 is 1.61 bits per heavy atom. The van der Waals surface area contributed by atoms with Gasteiger partial charge in [-0.3, -0.25) is 9.97 Å². The van der Waals surface area contributed by atoms with E-state index in [1.54, 1.807) is 0 Å². The fraction of sp³-hybridized carbons (Fsp3) is 0.0556. The Morgan fingerprint density at radius 1 is 0.421 bits per heavy atom. The van der Waals surface area contributed by atoms with E-state index in [1.807, 2.05) is 25.3 Å². The van der Waals surface area contributed by atoms with Crippen molar-refractivity contribution in [2.24, 2.45) is 0 Å². The summed E-state index contributed by atoms with van der Waals surface area (Å²) in [4.78, 5) is 8.93. The van der Waals surface area contributed by atoms with Gasteiger partial charge in [0.1, 0.15) is 0 Å². The number of rotatable bonds is 0. The van der Waals surface area contributed by atoms with Gasteiger partial charge in [0.25, 0.3) is 0 Å². The highest BCUT2D eigenvalue weighted by Gasteiger charge is 2.09. The van der Waals surface area contributed by atoms with Gasteiger partial charge < -0.3 is 0 Å². The maximum absolute atomic E-state index is 4.54. The lowest BCUT2D eigenvalue weighted by atomic mass is 9.92. The summed E-state index contributed by atoms with van der Waals surface area (Å²) in [5.74, 6) is 0. The quantitative estimate of drug-likeness (QED) is 0.157. The summed E-state index contributed by atoms with van der Waals surface area (Å²) in [5.41, 5.74) is 4.38. The Labute approximate surface area is 221 Å². The minimum atomic E-state index is 0.985. The average Bonchev–Trinajstić information content (AvgIpc) is 2.97. The Morgan fingerprint density at radius 2 is 0.947 bits per heavy atom. The predicted molar refractivity (Wildman–Crippen MR) is 163 cm³/mol. The maximum Gasteiger partial charge on any atom is 0.0967 e. The van der Waals surface area contributed by atoms with Crippen molar-refractivity contribution in [2.75, 3.05) is 0 Å². The summed E-state index contributed by atoms with van der Waals surface area (Å²) in [6.45, 7) is 4.25. The Balaban J connectivity index is 0.000000140. The van der Waals surface area contributed by atoms with Crippen molar-refractivity contribution in [2.45, 2.75) is 13.8 Å². The molecule has 2 aromatic heterocycles. The highest BCUT2D eigenvalue weighted by Crippen LogP contribution is 2.36. The van der Waals surface area contributed by atoms with Crippen LogP contribution in [0.5, 0.6) is 0 Å². The number of fused-ring (bicyclic) bond motifs is 9. The third-order valence-electron chi connectivity index (χ3n) is 7.61. The molecular weight excluding hydrogens is 460 g/mol. The number of hydrogen-bond acceptors (Lipinski definition) is 2. The van der Waals surface area contributed by atoms with Gasteiger partial charge in [-0.2, -0.15) is 0 Å². The molecule has 0 aliphatic heterocycles. The first-order valence-corrected chi connectivity index (χ1v) is 13.0. The Bertz CT molecular complexity index is 2060. The lowest BCUT2D eigenvalue weighted by Crippen LogP contribution is -1.86. The fourth-order valence-corrected chi connectivity index (χ4v) is 5.67. The van der Waals surface area contributed by atoms with E-state index in [1.165, 1.54) is 48.7 Å². The van der Waals surface area contributed by atoms with E-state index in [0.29, 0.717) is 0 Å². The first-order chi connectivity index (χ1) is 18.7. The van der Waals surface area contributed by atoms with Crippen molar-refractivity contribution < 1.29 is 0 Å². The van der Waals surface area contributed by atoms with Crippen LogP contribution in [0.2, 0.25) is 0 Å². The first kappa shape index (κ1) is 22.4. The molecule has 6 aromatic carbocycles. The summed E-state index contributed by atoms with van der Waals surface area (Å²) < 4.78 is 0. The lowest BCUT2D eigenvalue weighted by molar-refractivity contribution is 1.25. The van der Waals surface area contributed by atoms with Crippen LogP contribution in [0.15, 0.2) is 121 Å². The smallest absolute Gasteiger partial charge is 0.0967 e. The van der Waals surface area contributed by atoms with Crippen LogP contribution in [-0.4, -0.2) is 9.97 Å². The van der Waals surface area contributed by atoms with Gasteiger partial charge in [0.15, 0.2) is 0 Å². The van der Waals surface area contributed by atoms with Gasteiger partial charge in [-0.25, -0.2) is 0 Å². The molecule has 2 nitrogen and oxygen atoms in total. The minimum Gasteiger partial charge on any atom is -0.254 e. The van der Waals surface area contributed by atoms with Crippen molar-refractivity contribution >= 4 is 64.9 Å². The van der Waals surface area contributed by atoms with Gasteiger partial charge in [0, 0.05) is 22.7 Å². The molecule has 0 spiro atoms. The highest BCUT2D eigenvalue weighted by molar-refractivity contribution is 6.19. The predicted octanol–water partition coefficient (Wildman–Crippen LogP) is 9.70. The van der Waals surface area contributed by atoms with E-state index in [0.717, 1.165) is 27.5 Å². The summed E-state index contributed by atoms with van der Waals surface area (Å²) in [7, 11) is 0. The number of benzene rings is 6.